The Kier molecular flexibility index (Phi) is 4.73. The van der Waals surface area contributed by atoms with Crippen molar-refractivity contribution in [3.63, 3.8) is 0 Å². The Morgan fingerprint density at radius 3 is 2.69 bits per heavy atom. The van der Waals surface area contributed by atoms with E-state index in [-0.39, 0.29) is 11.4 Å². The topological polar surface area (TPSA) is 55.4 Å². The molecule has 90 valence electrons. The van der Waals surface area contributed by atoms with Crippen LogP contribution in [0.15, 0.2) is 23.1 Å². The number of nitrogens with one attached hydrogen (secondary N) is 1. The monoisotopic (exact) mass is 263 g/mol. The van der Waals surface area contributed by atoms with Crippen LogP contribution in [-0.4, -0.2) is 28.7 Å². The number of ether oxygens (including phenoxy) is 1. The van der Waals surface area contributed by atoms with Crippen LogP contribution in [0.2, 0.25) is 5.02 Å². The van der Waals surface area contributed by atoms with E-state index in [0.717, 1.165) is 5.56 Å². The maximum absolute atomic E-state index is 11.8. The number of sulfonamides is 1. The van der Waals surface area contributed by atoms with Crippen LogP contribution in [0.4, 0.5) is 0 Å². The maximum Gasteiger partial charge on any atom is 0.240 e. The summed E-state index contributed by atoms with van der Waals surface area (Å²) in [5, 5.41) is 0.552. The summed E-state index contributed by atoms with van der Waals surface area (Å²) >= 11 is 5.82. The van der Waals surface area contributed by atoms with Crippen molar-refractivity contribution in [2.24, 2.45) is 0 Å². The first-order valence-corrected chi connectivity index (χ1v) is 6.58. The average Bonchev–Trinajstić information content (AvgIpc) is 2.22. The van der Waals surface area contributed by atoms with Gasteiger partial charge >= 0.3 is 0 Å². The van der Waals surface area contributed by atoms with Gasteiger partial charge in [-0.2, -0.15) is 0 Å². The molecule has 0 saturated heterocycles. The Bertz CT molecular complexity index is 459. The third-order valence-electron chi connectivity index (χ3n) is 2.04. The molecule has 1 aromatic rings. The summed E-state index contributed by atoms with van der Waals surface area (Å²) in [6.45, 7) is 2.35. The van der Waals surface area contributed by atoms with Gasteiger partial charge in [0.15, 0.2) is 0 Å². The molecule has 1 aromatic carbocycles. The van der Waals surface area contributed by atoms with Gasteiger partial charge in [0.25, 0.3) is 0 Å². The molecule has 0 spiro atoms. The molecule has 0 amide bonds. The van der Waals surface area contributed by atoms with Crippen molar-refractivity contribution < 1.29 is 13.2 Å². The third-order valence-corrected chi connectivity index (χ3v) is 3.92. The van der Waals surface area contributed by atoms with Crippen molar-refractivity contribution in [3.8, 4) is 0 Å². The molecule has 0 aliphatic rings. The fraction of sp³-hybridized carbons (Fsp3) is 0.400. The van der Waals surface area contributed by atoms with Crippen LogP contribution in [0, 0.1) is 6.92 Å². The fourth-order valence-electron chi connectivity index (χ4n) is 1.15. The van der Waals surface area contributed by atoms with E-state index in [1.165, 1.54) is 19.2 Å². The molecule has 0 atom stereocenters. The van der Waals surface area contributed by atoms with E-state index in [1.807, 2.05) is 0 Å². The van der Waals surface area contributed by atoms with E-state index >= 15 is 0 Å². The summed E-state index contributed by atoms with van der Waals surface area (Å²) in [5.74, 6) is 0. The molecule has 0 aliphatic heterocycles. The van der Waals surface area contributed by atoms with Crippen LogP contribution in [0.5, 0.6) is 0 Å². The molecule has 4 nitrogen and oxygen atoms in total. The van der Waals surface area contributed by atoms with E-state index in [2.05, 4.69) is 4.72 Å². The number of rotatable bonds is 5. The number of halogens is 1. The predicted molar refractivity (Wildman–Crippen MR) is 63.3 cm³/mol. The van der Waals surface area contributed by atoms with E-state index in [1.54, 1.807) is 13.0 Å². The first kappa shape index (κ1) is 13.4. The summed E-state index contributed by atoms with van der Waals surface area (Å²) in [6, 6.07) is 4.59. The Labute approximate surface area is 101 Å². The summed E-state index contributed by atoms with van der Waals surface area (Å²) < 4.78 is 30.7. The Morgan fingerprint density at radius 1 is 1.44 bits per heavy atom. The lowest BCUT2D eigenvalue weighted by Gasteiger charge is -2.07. The van der Waals surface area contributed by atoms with Crippen LogP contribution in [0.3, 0.4) is 0 Å². The maximum atomic E-state index is 11.8. The first-order valence-electron chi connectivity index (χ1n) is 4.72. The Balaban J connectivity index is 2.86. The standard InChI is InChI=1S/C10H14ClNO3S/c1-8-7-9(3-4-10(8)11)16(13,14)12-5-6-15-2/h3-4,7,12H,5-6H2,1-2H3. The van der Waals surface area contributed by atoms with Crippen LogP contribution < -0.4 is 4.72 Å². The first-order chi connectivity index (χ1) is 7.47. The molecule has 1 N–H and O–H groups in total. The van der Waals surface area contributed by atoms with Crippen molar-refractivity contribution in [2.75, 3.05) is 20.3 Å². The second-order valence-corrected chi connectivity index (χ2v) is 5.48. The summed E-state index contributed by atoms with van der Waals surface area (Å²) in [7, 11) is -1.95. The van der Waals surface area contributed by atoms with Gasteiger partial charge in [0, 0.05) is 18.7 Å². The smallest absolute Gasteiger partial charge is 0.240 e. The van der Waals surface area contributed by atoms with Crippen LogP contribution in [0.25, 0.3) is 0 Å². The van der Waals surface area contributed by atoms with Gasteiger partial charge < -0.3 is 4.74 Å². The zero-order valence-corrected chi connectivity index (χ0v) is 10.7. The van der Waals surface area contributed by atoms with E-state index in [9.17, 15) is 8.42 Å². The van der Waals surface area contributed by atoms with Crippen LogP contribution in [-0.2, 0) is 14.8 Å². The zero-order chi connectivity index (χ0) is 12.2. The summed E-state index contributed by atoms with van der Waals surface area (Å²) in [4.78, 5) is 0.213. The highest BCUT2D eigenvalue weighted by Gasteiger charge is 2.13. The van der Waals surface area contributed by atoms with E-state index in [4.69, 9.17) is 16.3 Å². The number of hydrogen-bond donors (Lipinski definition) is 1. The number of hydrogen-bond acceptors (Lipinski definition) is 3. The van der Waals surface area contributed by atoms with Crippen molar-refractivity contribution >= 4 is 21.6 Å². The molecule has 16 heavy (non-hydrogen) atoms. The number of aryl methyl sites for hydroxylation is 1. The van der Waals surface area contributed by atoms with E-state index < -0.39 is 10.0 Å². The Morgan fingerprint density at radius 2 is 2.12 bits per heavy atom. The molecule has 0 bridgehead atoms. The quantitative estimate of drug-likeness (QED) is 0.821. The normalized spacial score (nSPS) is 11.7. The molecule has 0 aliphatic carbocycles. The van der Waals surface area contributed by atoms with Crippen molar-refractivity contribution in [2.45, 2.75) is 11.8 Å². The van der Waals surface area contributed by atoms with E-state index in [0.29, 0.717) is 11.6 Å². The molecule has 0 unspecified atom stereocenters. The predicted octanol–water partition coefficient (Wildman–Crippen LogP) is 1.57. The van der Waals surface area contributed by atoms with Gasteiger partial charge in [0.05, 0.1) is 11.5 Å². The average molecular weight is 264 g/mol. The minimum atomic E-state index is -3.46. The van der Waals surface area contributed by atoms with Crippen molar-refractivity contribution in [1.29, 1.82) is 0 Å². The Hall–Kier alpha value is -0.620. The van der Waals surface area contributed by atoms with Gasteiger partial charge in [-0.3, -0.25) is 0 Å². The van der Waals surface area contributed by atoms with Gasteiger partial charge in [0.2, 0.25) is 10.0 Å². The van der Waals surface area contributed by atoms with Gasteiger partial charge in [-0.15, -0.1) is 0 Å². The highest BCUT2D eigenvalue weighted by atomic mass is 35.5. The molecular formula is C10H14ClNO3S. The zero-order valence-electron chi connectivity index (χ0n) is 9.16. The molecular weight excluding hydrogens is 250 g/mol. The third kappa shape index (κ3) is 3.45. The molecule has 6 heteroatoms. The fourth-order valence-corrected chi connectivity index (χ4v) is 2.36. The number of methoxy groups -OCH3 is 1. The van der Waals surface area contributed by atoms with Gasteiger partial charge in [0.1, 0.15) is 0 Å². The van der Waals surface area contributed by atoms with Gasteiger partial charge in [-0.25, -0.2) is 13.1 Å². The van der Waals surface area contributed by atoms with Crippen molar-refractivity contribution in [3.05, 3.63) is 28.8 Å². The molecule has 0 aromatic heterocycles. The molecule has 0 fully saturated rings. The van der Waals surface area contributed by atoms with Crippen LogP contribution >= 0.6 is 11.6 Å². The van der Waals surface area contributed by atoms with Gasteiger partial charge in [-0.1, -0.05) is 11.6 Å². The second kappa shape index (κ2) is 5.63. The lowest BCUT2D eigenvalue weighted by molar-refractivity contribution is 0.204. The highest BCUT2D eigenvalue weighted by Crippen LogP contribution is 2.19. The summed E-state index contributed by atoms with van der Waals surface area (Å²) in [6.07, 6.45) is 0. The molecule has 0 radical (unpaired) electrons. The van der Waals surface area contributed by atoms with Crippen molar-refractivity contribution in [1.82, 2.24) is 4.72 Å². The largest absolute Gasteiger partial charge is 0.383 e. The SMILES string of the molecule is COCCNS(=O)(=O)c1ccc(Cl)c(C)c1. The lowest BCUT2D eigenvalue weighted by Crippen LogP contribution is -2.27. The summed E-state index contributed by atoms with van der Waals surface area (Å²) in [5.41, 5.74) is 0.733. The molecule has 0 heterocycles. The number of benzene rings is 1. The minimum Gasteiger partial charge on any atom is -0.383 e. The molecule has 0 saturated carbocycles. The molecule has 1 rings (SSSR count). The van der Waals surface area contributed by atoms with Gasteiger partial charge in [-0.05, 0) is 30.7 Å². The minimum absolute atomic E-state index is 0.213. The highest BCUT2D eigenvalue weighted by molar-refractivity contribution is 7.89. The van der Waals surface area contributed by atoms with Crippen LogP contribution in [0.1, 0.15) is 5.56 Å². The lowest BCUT2D eigenvalue weighted by atomic mass is 10.2. The second-order valence-electron chi connectivity index (χ2n) is 3.30.